The second kappa shape index (κ2) is 7.12. The van der Waals surface area contributed by atoms with E-state index in [-0.39, 0.29) is 0 Å². The first-order chi connectivity index (χ1) is 12.2. The Hall–Kier alpha value is -1.94. The molecule has 1 atom stereocenters. The van der Waals surface area contributed by atoms with Crippen LogP contribution in [-0.4, -0.2) is 47.1 Å². The molecule has 0 spiro atoms. The number of fused-ring (bicyclic) bond motifs is 1. The van der Waals surface area contributed by atoms with Crippen LogP contribution in [0.4, 0.5) is 5.82 Å². The maximum absolute atomic E-state index is 4.51. The summed E-state index contributed by atoms with van der Waals surface area (Å²) >= 11 is 0. The van der Waals surface area contributed by atoms with E-state index in [0.29, 0.717) is 12.0 Å². The Balaban J connectivity index is 1.38. The van der Waals surface area contributed by atoms with Crippen molar-refractivity contribution in [2.75, 3.05) is 31.1 Å². The fourth-order valence-corrected chi connectivity index (χ4v) is 4.16. The van der Waals surface area contributed by atoms with E-state index in [1.165, 1.54) is 19.3 Å². The molecule has 4 heteroatoms. The predicted molar refractivity (Wildman–Crippen MR) is 102 cm³/mol. The average Bonchev–Trinajstić information content (AvgIpc) is 2.68. The molecule has 2 heterocycles. The topological polar surface area (TPSA) is 32.3 Å². The van der Waals surface area contributed by atoms with Gasteiger partial charge in [-0.15, -0.1) is 0 Å². The molecule has 132 valence electrons. The highest BCUT2D eigenvalue weighted by Gasteiger charge is 2.27. The summed E-state index contributed by atoms with van der Waals surface area (Å²) in [6, 6.07) is 11.8. The summed E-state index contributed by atoms with van der Waals surface area (Å²) in [6.45, 7) is 8.76. The molecule has 25 heavy (non-hydrogen) atoms. The van der Waals surface area contributed by atoms with Crippen LogP contribution in [0, 0.1) is 0 Å². The van der Waals surface area contributed by atoms with Crippen molar-refractivity contribution in [1.82, 2.24) is 14.9 Å². The lowest BCUT2D eigenvalue weighted by Gasteiger charge is -2.41. The first kappa shape index (κ1) is 16.5. The van der Waals surface area contributed by atoms with E-state index in [0.717, 1.165) is 37.7 Å². The average molecular weight is 336 g/mol. The fourth-order valence-electron chi connectivity index (χ4n) is 4.16. The zero-order valence-electron chi connectivity index (χ0n) is 15.4. The van der Waals surface area contributed by atoms with E-state index < -0.39 is 0 Å². The fraction of sp³-hybridized carbons (Fsp3) is 0.524. The van der Waals surface area contributed by atoms with E-state index in [1.54, 1.807) is 17.5 Å². The summed E-state index contributed by atoms with van der Waals surface area (Å²) in [4.78, 5) is 14.0. The second-order valence-electron chi connectivity index (χ2n) is 7.64. The number of aryl methyl sites for hydroxylation is 1. The zero-order chi connectivity index (χ0) is 17.2. The number of rotatable bonds is 3. The summed E-state index contributed by atoms with van der Waals surface area (Å²) in [5, 5.41) is 0. The first-order valence-corrected chi connectivity index (χ1v) is 9.58. The van der Waals surface area contributed by atoms with Crippen molar-refractivity contribution in [3.8, 4) is 0 Å². The molecule has 0 saturated carbocycles. The number of hydrogen-bond donors (Lipinski definition) is 0. The highest BCUT2D eigenvalue weighted by molar-refractivity contribution is 5.40. The molecule has 4 nitrogen and oxygen atoms in total. The lowest BCUT2D eigenvalue weighted by Crippen LogP contribution is -2.52. The van der Waals surface area contributed by atoms with Crippen molar-refractivity contribution in [1.29, 1.82) is 0 Å². The SMILES string of the molecule is CC(C)c1cc(N2CCN(C3CCc4ccccc4C3)CC2)ncn1. The number of benzene rings is 1. The van der Waals surface area contributed by atoms with Gasteiger partial charge in [-0.3, -0.25) is 4.90 Å². The van der Waals surface area contributed by atoms with Crippen LogP contribution >= 0.6 is 0 Å². The standard InChI is InChI=1S/C21H28N4/c1-16(2)20-14-21(23-15-22-20)25-11-9-24(10-12-25)19-8-7-17-5-3-4-6-18(17)13-19/h3-6,14-16,19H,7-13H2,1-2H3. The third-order valence-electron chi connectivity index (χ3n) is 5.74. The van der Waals surface area contributed by atoms with Crippen molar-refractivity contribution in [2.24, 2.45) is 0 Å². The third-order valence-corrected chi connectivity index (χ3v) is 5.74. The molecule has 1 unspecified atom stereocenters. The van der Waals surface area contributed by atoms with Gasteiger partial charge in [0.05, 0.1) is 0 Å². The van der Waals surface area contributed by atoms with Crippen molar-refractivity contribution in [3.05, 3.63) is 53.5 Å². The first-order valence-electron chi connectivity index (χ1n) is 9.58. The van der Waals surface area contributed by atoms with Gasteiger partial charge in [0.15, 0.2) is 0 Å². The number of nitrogens with zero attached hydrogens (tertiary/aromatic N) is 4. The van der Waals surface area contributed by atoms with Gasteiger partial charge >= 0.3 is 0 Å². The Kier molecular flexibility index (Phi) is 4.71. The summed E-state index contributed by atoms with van der Waals surface area (Å²) in [7, 11) is 0. The molecule has 0 amide bonds. The zero-order valence-corrected chi connectivity index (χ0v) is 15.4. The summed E-state index contributed by atoms with van der Waals surface area (Å²) in [6.07, 6.45) is 5.45. The maximum atomic E-state index is 4.51. The molecule has 0 radical (unpaired) electrons. The van der Waals surface area contributed by atoms with Crippen LogP contribution < -0.4 is 4.90 Å². The molecule has 2 aromatic rings. The van der Waals surface area contributed by atoms with Gasteiger partial charge in [0.25, 0.3) is 0 Å². The van der Waals surface area contributed by atoms with Crippen molar-refractivity contribution < 1.29 is 0 Å². The molecule has 1 saturated heterocycles. The van der Waals surface area contributed by atoms with Crippen molar-refractivity contribution in [3.63, 3.8) is 0 Å². The summed E-state index contributed by atoms with van der Waals surface area (Å²) < 4.78 is 0. The van der Waals surface area contributed by atoms with Crippen molar-refractivity contribution in [2.45, 2.75) is 45.1 Å². The Morgan fingerprint density at radius 3 is 2.52 bits per heavy atom. The largest absolute Gasteiger partial charge is 0.354 e. The minimum absolute atomic E-state index is 0.449. The van der Waals surface area contributed by atoms with Crippen LogP contribution in [0.5, 0.6) is 0 Å². The van der Waals surface area contributed by atoms with E-state index in [4.69, 9.17) is 0 Å². The van der Waals surface area contributed by atoms with E-state index >= 15 is 0 Å². The highest BCUT2D eigenvalue weighted by Crippen LogP contribution is 2.26. The minimum atomic E-state index is 0.449. The molecule has 1 aliphatic heterocycles. The number of hydrogen-bond acceptors (Lipinski definition) is 4. The second-order valence-corrected chi connectivity index (χ2v) is 7.64. The molecule has 2 aliphatic rings. The predicted octanol–water partition coefficient (Wildman–Crippen LogP) is 3.28. The van der Waals surface area contributed by atoms with E-state index in [2.05, 4.69) is 63.9 Å². The van der Waals surface area contributed by atoms with Crippen LogP contribution in [0.15, 0.2) is 36.7 Å². The molecule has 1 aliphatic carbocycles. The van der Waals surface area contributed by atoms with E-state index in [9.17, 15) is 0 Å². The van der Waals surface area contributed by atoms with Crippen LogP contribution in [0.25, 0.3) is 0 Å². The number of aromatic nitrogens is 2. The molecular formula is C21H28N4. The van der Waals surface area contributed by atoms with Crippen LogP contribution in [-0.2, 0) is 12.8 Å². The normalized spacial score (nSPS) is 21.4. The van der Waals surface area contributed by atoms with Gasteiger partial charge in [-0.1, -0.05) is 38.1 Å². The van der Waals surface area contributed by atoms with Gasteiger partial charge < -0.3 is 4.90 Å². The summed E-state index contributed by atoms with van der Waals surface area (Å²) in [5.41, 5.74) is 4.24. The Morgan fingerprint density at radius 1 is 1.00 bits per heavy atom. The Morgan fingerprint density at radius 2 is 1.76 bits per heavy atom. The monoisotopic (exact) mass is 336 g/mol. The smallest absolute Gasteiger partial charge is 0.132 e. The van der Waals surface area contributed by atoms with Crippen LogP contribution in [0.2, 0.25) is 0 Å². The van der Waals surface area contributed by atoms with Gasteiger partial charge in [0.2, 0.25) is 0 Å². The molecular weight excluding hydrogens is 308 g/mol. The third kappa shape index (κ3) is 3.54. The van der Waals surface area contributed by atoms with E-state index in [1.807, 2.05) is 0 Å². The molecule has 4 rings (SSSR count). The van der Waals surface area contributed by atoms with Gasteiger partial charge in [-0.25, -0.2) is 9.97 Å². The van der Waals surface area contributed by atoms with Gasteiger partial charge in [-0.2, -0.15) is 0 Å². The quantitative estimate of drug-likeness (QED) is 0.861. The highest BCUT2D eigenvalue weighted by atomic mass is 15.3. The molecule has 0 N–H and O–H groups in total. The summed E-state index contributed by atoms with van der Waals surface area (Å²) in [5.74, 6) is 1.54. The van der Waals surface area contributed by atoms with Crippen LogP contribution in [0.3, 0.4) is 0 Å². The maximum Gasteiger partial charge on any atom is 0.132 e. The Bertz CT molecular complexity index is 719. The minimum Gasteiger partial charge on any atom is -0.354 e. The lowest BCUT2D eigenvalue weighted by atomic mass is 9.87. The van der Waals surface area contributed by atoms with Gasteiger partial charge in [0, 0.05) is 44.0 Å². The van der Waals surface area contributed by atoms with Gasteiger partial charge in [0.1, 0.15) is 12.1 Å². The lowest BCUT2D eigenvalue weighted by molar-refractivity contribution is 0.169. The molecule has 0 bridgehead atoms. The number of piperazine rings is 1. The number of anilines is 1. The van der Waals surface area contributed by atoms with Crippen molar-refractivity contribution >= 4 is 5.82 Å². The Labute approximate surface area is 150 Å². The molecule has 1 aromatic heterocycles. The molecule has 1 aromatic carbocycles. The van der Waals surface area contributed by atoms with Crippen LogP contribution in [0.1, 0.15) is 43.0 Å². The molecule has 1 fully saturated rings. The van der Waals surface area contributed by atoms with Gasteiger partial charge in [-0.05, 0) is 36.3 Å².